The summed E-state index contributed by atoms with van der Waals surface area (Å²) in [7, 11) is 3.24. The summed E-state index contributed by atoms with van der Waals surface area (Å²) in [6.45, 7) is 0.591. The van der Waals surface area contributed by atoms with E-state index in [9.17, 15) is 4.39 Å². The fourth-order valence-corrected chi connectivity index (χ4v) is 0.979. The molecule has 0 saturated carbocycles. The zero-order valence-electron chi connectivity index (χ0n) is 8.23. The van der Waals surface area contributed by atoms with Crippen molar-refractivity contribution in [2.45, 2.75) is 0 Å². The van der Waals surface area contributed by atoms with Crippen LogP contribution in [0.1, 0.15) is 5.56 Å². The molecule has 0 aliphatic carbocycles. The fraction of sp³-hybridized carbons (Fsp3) is 0.273. The zero-order chi connectivity index (χ0) is 10.4. The Morgan fingerprint density at radius 1 is 1.50 bits per heavy atom. The van der Waals surface area contributed by atoms with Crippen molar-refractivity contribution < 1.29 is 9.13 Å². The van der Waals surface area contributed by atoms with Crippen molar-refractivity contribution >= 4 is 0 Å². The summed E-state index contributed by atoms with van der Waals surface area (Å²) in [5.74, 6) is 5.53. The van der Waals surface area contributed by atoms with E-state index in [2.05, 4.69) is 17.2 Å². The lowest BCUT2D eigenvalue weighted by molar-refractivity contribution is 0.386. The van der Waals surface area contributed by atoms with Crippen molar-refractivity contribution in [2.75, 3.05) is 20.7 Å². The third-order valence-corrected chi connectivity index (χ3v) is 1.65. The maximum atomic E-state index is 13.2. The van der Waals surface area contributed by atoms with E-state index in [1.54, 1.807) is 12.1 Å². The second kappa shape index (κ2) is 5.25. The average Bonchev–Trinajstić information content (AvgIpc) is 2.18. The highest BCUT2D eigenvalue weighted by atomic mass is 19.1. The zero-order valence-corrected chi connectivity index (χ0v) is 8.23. The molecule has 0 atom stereocenters. The maximum absolute atomic E-state index is 13.2. The van der Waals surface area contributed by atoms with Gasteiger partial charge in [0.25, 0.3) is 0 Å². The van der Waals surface area contributed by atoms with E-state index in [4.69, 9.17) is 4.74 Å². The molecular weight excluding hydrogens is 181 g/mol. The molecule has 0 amide bonds. The van der Waals surface area contributed by atoms with Gasteiger partial charge in [0.1, 0.15) is 0 Å². The quantitative estimate of drug-likeness (QED) is 0.717. The highest BCUT2D eigenvalue weighted by Crippen LogP contribution is 2.16. The van der Waals surface area contributed by atoms with E-state index in [1.165, 1.54) is 13.2 Å². The minimum atomic E-state index is -0.385. The maximum Gasteiger partial charge on any atom is 0.166 e. The lowest BCUT2D eigenvalue weighted by Crippen LogP contribution is -2.04. The van der Waals surface area contributed by atoms with E-state index in [0.29, 0.717) is 12.1 Å². The van der Waals surface area contributed by atoms with Gasteiger partial charge in [0.05, 0.1) is 13.7 Å². The second-order valence-electron chi connectivity index (χ2n) is 2.68. The van der Waals surface area contributed by atoms with E-state index in [-0.39, 0.29) is 11.6 Å². The van der Waals surface area contributed by atoms with E-state index < -0.39 is 0 Å². The molecule has 1 rings (SSSR count). The fourth-order valence-electron chi connectivity index (χ4n) is 0.979. The molecule has 0 fully saturated rings. The van der Waals surface area contributed by atoms with Crippen LogP contribution < -0.4 is 10.1 Å². The summed E-state index contributed by atoms with van der Waals surface area (Å²) in [5.41, 5.74) is 0.651. The Hall–Kier alpha value is -1.53. The van der Waals surface area contributed by atoms with Crippen LogP contribution in [0.4, 0.5) is 4.39 Å². The number of ether oxygens (including phenoxy) is 1. The normalized spacial score (nSPS) is 9.07. The van der Waals surface area contributed by atoms with E-state index in [1.807, 2.05) is 7.05 Å². The average molecular weight is 193 g/mol. The van der Waals surface area contributed by atoms with Crippen molar-refractivity contribution in [3.8, 4) is 17.6 Å². The van der Waals surface area contributed by atoms with Crippen molar-refractivity contribution in [1.29, 1.82) is 0 Å². The summed E-state index contributed by atoms with van der Waals surface area (Å²) in [6.07, 6.45) is 0. The van der Waals surface area contributed by atoms with Gasteiger partial charge in [-0.25, -0.2) is 4.39 Å². The monoisotopic (exact) mass is 193 g/mol. The van der Waals surface area contributed by atoms with Crippen LogP contribution in [0.5, 0.6) is 5.75 Å². The summed E-state index contributed by atoms with van der Waals surface area (Å²) < 4.78 is 17.9. The minimum Gasteiger partial charge on any atom is -0.494 e. The standard InChI is InChI=1S/C11H12FNO/c1-13-7-3-4-9-5-6-11(14-2)10(12)8-9/h5-6,8,13H,7H2,1-2H3. The molecule has 1 aromatic rings. The van der Waals surface area contributed by atoms with E-state index >= 15 is 0 Å². The predicted octanol–water partition coefficient (Wildman–Crippen LogP) is 1.41. The van der Waals surface area contributed by atoms with Crippen LogP contribution in [0.25, 0.3) is 0 Å². The van der Waals surface area contributed by atoms with Crippen LogP contribution in [0.3, 0.4) is 0 Å². The smallest absolute Gasteiger partial charge is 0.166 e. The van der Waals surface area contributed by atoms with Gasteiger partial charge in [-0.2, -0.15) is 0 Å². The topological polar surface area (TPSA) is 21.3 Å². The molecule has 74 valence electrons. The molecule has 0 heterocycles. The lowest BCUT2D eigenvalue weighted by Gasteiger charge is -2.00. The third-order valence-electron chi connectivity index (χ3n) is 1.65. The summed E-state index contributed by atoms with van der Waals surface area (Å²) in [5, 5.41) is 2.88. The first kappa shape index (κ1) is 10.6. The molecule has 1 aromatic carbocycles. The van der Waals surface area contributed by atoms with Crippen LogP contribution in [-0.4, -0.2) is 20.7 Å². The highest BCUT2D eigenvalue weighted by Gasteiger charge is 2.00. The summed E-state index contributed by atoms with van der Waals surface area (Å²) in [6, 6.07) is 4.66. The SMILES string of the molecule is CNCC#Cc1ccc(OC)c(F)c1. The van der Waals surface area contributed by atoms with E-state index in [0.717, 1.165) is 0 Å². The van der Waals surface area contributed by atoms with Crippen LogP contribution in [0.2, 0.25) is 0 Å². The Kier molecular flexibility index (Phi) is 3.96. The van der Waals surface area contributed by atoms with Gasteiger partial charge in [-0.15, -0.1) is 0 Å². The Balaban J connectivity index is 2.82. The number of hydrogen-bond donors (Lipinski definition) is 1. The molecular formula is C11H12FNO. The highest BCUT2D eigenvalue weighted by molar-refractivity contribution is 5.39. The molecule has 0 radical (unpaired) electrons. The van der Waals surface area contributed by atoms with Gasteiger partial charge in [0.15, 0.2) is 11.6 Å². The molecule has 0 aromatic heterocycles. The molecule has 0 unspecified atom stereocenters. The molecule has 0 bridgehead atoms. The summed E-state index contributed by atoms with van der Waals surface area (Å²) >= 11 is 0. The number of benzene rings is 1. The van der Waals surface area contributed by atoms with Crippen LogP contribution in [-0.2, 0) is 0 Å². The van der Waals surface area contributed by atoms with Gasteiger partial charge >= 0.3 is 0 Å². The molecule has 1 N–H and O–H groups in total. The Morgan fingerprint density at radius 2 is 2.29 bits per heavy atom. The Bertz CT molecular complexity index is 365. The summed E-state index contributed by atoms with van der Waals surface area (Å²) in [4.78, 5) is 0. The molecule has 2 nitrogen and oxygen atoms in total. The number of hydrogen-bond acceptors (Lipinski definition) is 2. The third kappa shape index (κ3) is 2.75. The lowest BCUT2D eigenvalue weighted by atomic mass is 10.2. The number of nitrogens with one attached hydrogen (secondary N) is 1. The Morgan fingerprint density at radius 3 is 2.86 bits per heavy atom. The van der Waals surface area contributed by atoms with Gasteiger partial charge < -0.3 is 10.1 Å². The number of rotatable bonds is 2. The molecule has 0 spiro atoms. The van der Waals surface area contributed by atoms with Gasteiger partial charge in [-0.05, 0) is 25.2 Å². The predicted molar refractivity (Wildman–Crippen MR) is 53.8 cm³/mol. The van der Waals surface area contributed by atoms with Crippen molar-refractivity contribution in [1.82, 2.24) is 5.32 Å². The minimum absolute atomic E-state index is 0.240. The van der Waals surface area contributed by atoms with Gasteiger partial charge in [-0.3, -0.25) is 0 Å². The number of halogens is 1. The molecule has 3 heteroatoms. The molecule has 0 aliphatic heterocycles. The molecule has 14 heavy (non-hydrogen) atoms. The van der Waals surface area contributed by atoms with Crippen molar-refractivity contribution in [3.63, 3.8) is 0 Å². The molecule has 0 saturated heterocycles. The number of methoxy groups -OCH3 is 1. The first-order valence-electron chi connectivity index (χ1n) is 4.25. The van der Waals surface area contributed by atoms with Gasteiger partial charge in [0, 0.05) is 5.56 Å². The van der Waals surface area contributed by atoms with Crippen molar-refractivity contribution in [3.05, 3.63) is 29.6 Å². The van der Waals surface area contributed by atoms with Gasteiger partial charge in [0.2, 0.25) is 0 Å². The second-order valence-corrected chi connectivity index (χ2v) is 2.68. The molecule has 0 aliphatic rings. The van der Waals surface area contributed by atoms with Crippen LogP contribution in [0, 0.1) is 17.7 Å². The van der Waals surface area contributed by atoms with Crippen LogP contribution in [0.15, 0.2) is 18.2 Å². The Labute approximate surface area is 83.1 Å². The van der Waals surface area contributed by atoms with Crippen molar-refractivity contribution in [2.24, 2.45) is 0 Å². The first-order valence-corrected chi connectivity index (χ1v) is 4.25. The first-order chi connectivity index (χ1) is 6.77. The van der Waals surface area contributed by atoms with Crippen LogP contribution >= 0.6 is 0 Å². The van der Waals surface area contributed by atoms with Gasteiger partial charge in [-0.1, -0.05) is 11.8 Å². The largest absolute Gasteiger partial charge is 0.494 e.